The maximum Gasteiger partial charge on any atom is 0.248 e. The standard InChI is InChI=1S/C17H17BrN2O/c1-20(2)14-10-7-13(8-11-14)9-12-17(21)19-16-6-4-3-5-15(16)18/h3-12H,1-2H3,(H,19,21)/b12-9+. The monoisotopic (exact) mass is 344 g/mol. The van der Waals surface area contributed by atoms with E-state index in [2.05, 4.69) is 21.2 Å². The molecule has 2 aromatic carbocycles. The molecule has 2 rings (SSSR count). The quantitative estimate of drug-likeness (QED) is 0.844. The molecule has 0 radical (unpaired) electrons. The van der Waals surface area contributed by atoms with Crippen LogP contribution in [0, 0.1) is 0 Å². The molecule has 0 saturated heterocycles. The largest absolute Gasteiger partial charge is 0.378 e. The predicted molar refractivity (Wildman–Crippen MR) is 92.6 cm³/mol. The van der Waals surface area contributed by atoms with Crippen molar-refractivity contribution in [1.82, 2.24) is 0 Å². The van der Waals surface area contributed by atoms with E-state index in [9.17, 15) is 4.79 Å². The first kappa shape index (κ1) is 15.3. The van der Waals surface area contributed by atoms with Gasteiger partial charge in [-0.3, -0.25) is 4.79 Å². The van der Waals surface area contributed by atoms with Crippen molar-refractivity contribution in [2.45, 2.75) is 0 Å². The molecule has 108 valence electrons. The first-order valence-corrected chi connectivity index (χ1v) is 7.36. The van der Waals surface area contributed by atoms with Gasteiger partial charge in [0.25, 0.3) is 0 Å². The Morgan fingerprint density at radius 3 is 2.38 bits per heavy atom. The van der Waals surface area contributed by atoms with Crippen LogP contribution < -0.4 is 10.2 Å². The van der Waals surface area contributed by atoms with Gasteiger partial charge >= 0.3 is 0 Å². The van der Waals surface area contributed by atoms with Crippen LogP contribution in [0.1, 0.15) is 5.56 Å². The summed E-state index contributed by atoms with van der Waals surface area (Å²) in [4.78, 5) is 13.9. The smallest absolute Gasteiger partial charge is 0.248 e. The Balaban J connectivity index is 2.00. The molecule has 0 fully saturated rings. The summed E-state index contributed by atoms with van der Waals surface area (Å²) in [6, 6.07) is 15.5. The summed E-state index contributed by atoms with van der Waals surface area (Å²) in [5.74, 6) is -0.154. The first-order chi connectivity index (χ1) is 10.1. The average molecular weight is 345 g/mol. The third-order valence-corrected chi connectivity index (χ3v) is 3.66. The lowest BCUT2D eigenvalue weighted by molar-refractivity contribution is -0.111. The lowest BCUT2D eigenvalue weighted by Crippen LogP contribution is -2.08. The second-order valence-electron chi connectivity index (χ2n) is 4.79. The van der Waals surface area contributed by atoms with Gasteiger partial charge in [-0.1, -0.05) is 24.3 Å². The van der Waals surface area contributed by atoms with E-state index in [0.717, 1.165) is 21.4 Å². The lowest BCUT2D eigenvalue weighted by atomic mass is 10.2. The predicted octanol–water partition coefficient (Wildman–Crippen LogP) is 4.17. The van der Waals surface area contributed by atoms with E-state index in [1.54, 1.807) is 6.08 Å². The van der Waals surface area contributed by atoms with Crippen molar-refractivity contribution in [2.75, 3.05) is 24.3 Å². The molecule has 3 nitrogen and oxygen atoms in total. The molecule has 0 aliphatic heterocycles. The van der Waals surface area contributed by atoms with E-state index in [1.165, 1.54) is 6.08 Å². The van der Waals surface area contributed by atoms with Crippen LogP contribution in [0.3, 0.4) is 0 Å². The van der Waals surface area contributed by atoms with E-state index in [1.807, 2.05) is 67.5 Å². The number of carbonyl (C=O) groups is 1. The zero-order chi connectivity index (χ0) is 15.2. The van der Waals surface area contributed by atoms with Crippen molar-refractivity contribution < 1.29 is 4.79 Å². The van der Waals surface area contributed by atoms with Gasteiger partial charge in [0.15, 0.2) is 0 Å². The summed E-state index contributed by atoms with van der Waals surface area (Å²) in [7, 11) is 3.99. The number of benzene rings is 2. The summed E-state index contributed by atoms with van der Waals surface area (Å²) in [6.45, 7) is 0. The lowest BCUT2D eigenvalue weighted by Gasteiger charge is -2.11. The second kappa shape index (κ2) is 7.09. The molecule has 2 aromatic rings. The highest BCUT2D eigenvalue weighted by Crippen LogP contribution is 2.21. The zero-order valence-corrected chi connectivity index (χ0v) is 13.6. The van der Waals surface area contributed by atoms with Gasteiger partial charge in [0.05, 0.1) is 5.69 Å². The summed E-state index contributed by atoms with van der Waals surface area (Å²) in [5.41, 5.74) is 2.88. The third kappa shape index (κ3) is 4.46. The maximum absolute atomic E-state index is 11.9. The number of hydrogen-bond donors (Lipinski definition) is 1. The summed E-state index contributed by atoms with van der Waals surface area (Å²) < 4.78 is 0.863. The Labute approximate surface area is 133 Å². The number of rotatable bonds is 4. The number of carbonyl (C=O) groups excluding carboxylic acids is 1. The van der Waals surface area contributed by atoms with Crippen LogP contribution in [0.2, 0.25) is 0 Å². The fraction of sp³-hybridized carbons (Fsp3) is 0.118. The highest BCUT2D eigenvalue weighted by molar-refractivity contribution is 9.10. The van der Waals surface area contributed by atoms with Gasteiger partial charge in [0, 0.05) is 30.3 Å². The van der Waals surface area contributed by atoms with Gasteiger partial charge < -0.3 is 10.2 Å². The van der Waals surface area contributed by atoms with E-state index >= 15 is 0 Å². The van der Waals surface area contributed by atoms with Gasteiger partial charge in [-0.15, -0.1) is 0 Å². The Hall–Kier alpha value is -2.07. The van der Waals surface area contributed by atoms with Crippen molar-refractivity contribution in [2.24, 2.45) is 0 Å². The maximum atomic E-state index is 11.9. The second-order valence-corrected chi connectivity index (χ2v) is 5.64. The Morgan fingerprint density at radius 2 is 1.76 bits per heavy atom. The molecule has 1 amide bonds. The Kier molecular flexibility index (Phi) is 5.17. The third-order valence-electron chi connectivity index (χ3n) is 2.97. The van der Waals surface area contributed by atoms with Crippen LogP contribution in [0.15, 0.2) is 59.1 Å². The minimum absolute atomic E-state index is 0.154. The van der Waals surface area contributed by atoms with Gasteiger partial charge in [0.1, 0.15) is 0 Å². The Morgan fingerprint density at radius 1 is 1.10 bits per heavy atom. The molecular formula is C17H17BrN2O. The first-order valence-electron chi connectivity index (χ1n) is 6.57. The van der Waals surface area contributed by atoms with E-state index < -0.39 is 0 Å². The molecule has 0 heterocycles. The number of amides is 1. The van der Waals surface area contributed by atoms with Crippen LogP contribution in [0.5, 0.6) is 0 Å². The molecular weight excluding hydrogens is 328 g/mol. The van der Waals surface area contributed by atoms with Gasteiger partial charge in [0.2, 0.25) is 5.91 Å². The van der Waals surface area contributed by atoms with Crippen LogP contribution in [-0.4, -0.2) is 20.0 Å². The molecule has 0 spiro atoms. The number of nitrogens with one attached hydrogen (secondary N) is 1. The molecule has 0 atom stereocenters. The fourth-order valence-electron chi connectivity index (χ4n) is 1.79. The minimum Gasteiger partial charge on any atom is -0.378 e. The van der Waals surface area contributed by atoms with Gasteiger partial charge in [-0.05, 0) is 51.8 Å². The van der Waals surface area contributed by atoms with Crippen molar-refractivity contribution in [3.8, 4) is 0 Å². The Bertz CT molecular complexity index is 648. The molecule has 21 heavy (non-hydrogen) atoms. The molecule has 0 aliphatic rings. The molecule has 0 aromatic heterocycles. The normalized spacial score (nSPS) is 10.6. The fourth-order valence-corrected chi connectivity index (χ4v) is 2.18. The van der Waals surface area contributed by atoms with Crippen LogP contribution >= 0.6 is 15.9 Å². The zero-order valence-electron chi connectivity index (χ0n) is 12.0. The summed E-state index contributed by atoms with van der Waals surface area (Å²) in [5, 5.41) is 2.83. The van der Waals surface area contributed by atoms with Crippen LogP contribution in [-0.2, 0) is 4.79 Å². The molecule has 0 saturated carbocycles. The number of hydrogen-bond acceptors (Lipinski definition) is 2. The van der Waals surface area contributed by atoms with Crippen molar-refractivity contribution >= 4 is 39.3 Å². The van der Waals surface area contributed by atoms with Crippen LogP contribution in [0.4, 0.5) is 11.4 Å². The van der Waals surface area contributed by atoms with E-state index in [0.29, 0.717) is 0 Å². The van der Waals surface area contributed by atoms with Crippen molar-refractivity contribution in [1.29, 1.82) is 0 Å². The van der Waals surface area contributed by atoms with E-state index in [4.69, 9.17) is 0 Å². The number of nitrogens with zero attached hydrogens (tertiary/aromatic N) is 1. The van der Waals surface area contributed by atoms with Gasteiger partial charge in [-0.25, -0.2) is 0 Å². The molecule has 1 N–H and O–H groups in total. The average Bonchev–Trinajstić information content (AvgIpc) is 2.48. The topological polar surface area (TPSA) is 32.3 Å². The molecule has 4 heteroatoms. The summed E-state index contributed by atoms with van der Waals surface area (Å²) >= 11 is 3.40. The highest BCUT2D eigenvalue weighted by Gasteiger charge is 2.01. The van der Waals surface area contributed by atoms with Gasteiger partial charge in [-0.2, -0.15) is 0 Å². The molecule has 0 aliphatic carbocycles. The minimum atomic E-state index is -0.154. The number of anilines is 2. The SMILES string of the molecule is CN(C)c1ccc(/C=C/C(=O)Nc2ccccc2Br)cc1. The highest BCUT2D eigenvalue weighted by atomic mass is 79.9. The number of halogens is 1. The molecule has 0 unspecified atom stereocenters. The number of para-hydroxylation sites is 1. The van der Waals surface area contributed by atoms with Crippen molar-refractivity contribution in [3.05, 3.63) is 64.6 Å². The van der Waals surface area contributed by atoms with E-state index in [-0.39, 0.29) is 5.91 Å². The van der Waals surface area contributed by atoms with Crippen molar-refractivity contribution in [3.63, 3.8) is 0 Å². The summed E-state index contributed by atoms with van der Waals surface area (Å²) in [6.07, 6.45) is 3.33. The molecule has 0 bridgehead atoms. The van der Waals surface area contributed by atoms with Crippen LogP contribution in [0.25, 0.3) is 6.08 Å².